The normalized spacial score (nSPS) is 13.5. The van der Waals surface area contributed by atoms with Gasteiger partial charge in [-0.1, -0.05) is 6.92 Å². The van der Waals surface area contributed by atoms with Crippen molar-refractivity contribution in [3.63, 3.8) is 0 Å². The largest absolute Gasteiger partial charge is 0.494 e. The van der Waals surface area contributed by atoms with Gasteiger partial charge in [-0.05, 0) is 61.6 Å². The molecule has 1 amide bonds. The number of nitrogens with zero attached hydrogens (tertiary/aromatic N) is 3. The lowest BCUT2D eigenvalue weighted by molar-refractivity contribution is 0.0916. The molecule has 0 saturated heterocycles. The smallest absolute Gasteiger partial charge is 0.251 e. The van der Waals surface area contributed by atoms with Crippen LogP contribution in [0.1, 0.15) is 42.1 Å². The van der Waals surface area contributed by atoms with Crippen LogP contribution in [-0.2, 0) is 6.42 Å². The first-order valence-corrected chi connectivity index (χ1v) is 11.6. The lowest BCUT2D eigenvalue weighted by atomic mass is 9.92. The number of carbonyl (C=O) groups is 1. The van der Waals surface area contributed by atoms with Crippen LogP contribution in [0.2, 0.25) is 0 Å². The third-order valence-corrected chi connectivity index (χ3v) is 6.40. The standard InChI is InChI=1S/C26H25F2N5O2/c1-3-15-13-17(7-8-18(15)26(34)32-16-5-4-6-16)31-24-25-30-14-20(33(25)12-11-29-24)19-9-10-21(35-2)23(28)22(19)27/h7-14,16H,3-6H2,1-2H3,(H,29,31)(H,32,34). The molecule has 0 atom stereocenters. The zero-order valence-corrected chi connectivity index (χ0v) is 19.4. The molecule has 0 spiro atoms. The van der Waals surface area contributed by atoms with E-state index < -0.39 is 11.6 Å². The number of nitrogens with one attached hydrogen (secondary N) is 2. The molecule has 4 aromatic rings. The lowest BCUT2D eigenvalue weighted by Crippen LogP contribution is -2.39. The van der Waals surface area contributed by atoms with Gasteiger partial charge in [0.1, 0.15) is 0 Å². The molecule has 7 nitrogen and oxygen atoms in total. The van der Waals surface area contributed by atoms with Crippen LogP contribution in [-0.4, -0.2) is 33.4 Å². The molecule has 0 unspecified atom stereocenters. The van der Waals surface area contributed by atoms with E-state index >= 15 is 0 Å². The van der Waals surface area contributed by atoms with Crippen LogP contribution in [0.25, 0.3) is 16.9 Å². The number of anilines is 2. The Morgan fingerprint density at radius 1 is 1.17 bits per heavy atom. The summed E-state index contributed by atoms with van der Waals surface area (Å²) >= 11 is 0. The Morgan fingerprint density at radius 2 is 2.00 bits per heavy atom. The maximum Gasteiger partial charge on any atom is 0.251 e. The van der Waals surface area contributed by atoms with E-state index in [4.69, 9.17) is 4.74 Å². The van der Waals surface area contributed by atoms with E-state index in [0.717, 1.165) is 30.5 Å². The number of fused-ring (bicyclic) bond motifs is 1. The van der Waals surface area contributed by atoms with Crippen molar-refractivity contribution in [2.24, 2.45) is 0 Å². The summed E-state index contributed by atoms with van der Waals surface area (Å²) in [7, 11) is 1.28. The Kier molecular flexibility index (Phi) is 6.07. The van der Waals surface area contributed by atoms with Gasteiger partial charge in [-0.3, -0.25) is 9.20 Å². The Balaban J connectivity index is 1.45. The Hall–Kier alpha value is -4.01. The molecule has 2 heterocycles. The van der Waals surface area contributed by atoms with E-state index in [1.807, 2.05) is 25.1 Å². The molecule has 2 N–H and O–H groups in total. The molecule has 2 aromatic carbocycles. The number of ether oxygens (including phenoxy) is 1. The van der Waals surface area contributed by atoms with Crippen LogP contribution < -0.4 is 15.4 Å². The fourth-order valence-electron chi connectivity index (χ4n) is 4.23. The van der Waals surface area contributed by atoms with Crippen molar-refractivity contribution >= 4 is 23.1 Å². The highest BCUT2D eigenvalue weighted by Gasteiger charge is 2.22. The first-order chi connectivity index (χ1) is 17.0. The van der Waals surface area contributed by atoms with E-state index in [9.17, 15) is 13.6 Å². The Bertz CT molecular complexity index is 1410. The third-order valence-electron chi connectivity index (χ3n) is 6.40. The average molecular weight is 478 g/mol. The fraction of sp³-hybridized carbons (Fsp3) is 0.269. The highest BCUT2D eigenvalue weighted by molar-refractivity contribution is 5.96. The van der Waals surface area contributed by atoms with Gasteiger partial charge in [-0.15, -0.1) is 0 Å². The molecule has 0 bridgehead atoms. The number of halogens is 2. The number of rotatable bonds is 7. The van der Waals surface area contributed by atoms with Gasteiger partial charge in [0.2, 0.25) is 5.82 Å². The van der Waals surface area contributed by atoms with Crippen LogP contribution in [0.4, 0.5) is 20.3 Å². The van der Waals surface area contributed by atoms with Crippen molar-refractivity contribution in [1.29, 1.82) is 0 Å². The van der Waals surface area contributed by atoms with Gasteiger partial charge in [-0.25, -0.2) is 14.4 Å². The Labute approximate surface area is 201 Å². The molecule has 35 heavy (non-hydrogen) atoms. The third kappa shape index (κ3) is 4.18. The quantitative estimate of drug-likeness (QED) is 0.379. The highest BCUT2D eigenvalue weighted by atomic mass is 19.2. The van der Waals surface area contributed by atoms with Crippen LogP contribution in [0.5, 0.6) is 5.75 Å². The summed E-state index contributed by atoms with van der Waals surface area (Å²) < 4.78 is 35.5. The van der Waals surface area contributed by atoms with E-state index in [1.54, 1.807) is 16.8 Å². The summed E-state index contributed by atoms with van der Waals surface area (Å²) in [4.78, 5) is 21.5. The molecule has 1 aliphatic carbocycles. The van der Waals surface area contributed by atoms with Crippen LogP contribution in [0.15, 0.2) is 48.9 Å². The first-order valence-electron chi connectivity index (χ1n) is 11.6. The van der Waals surface area contributed by atoms with E-state index in [1.165, 1.54) is 25.4 Å². The number of aromatic nitrogens is 3. The predicted octanol–water partition coefficient (Wildman–Crippen LogP) is 5.27. The number of aryl methyl sites for hydroxylation is 1. The summed E-state index contributed by atoms with van der Waals surface area (Å²) in [5, 5.41) is 6.33. The van der Waals surface area contributed by atoms with E-state index in [-0.39, 0.29) is 23.3 Å². The number of imidazole rings is 1. The van der Waals surface area contributed by atoms with Gasteiger partial charge in [0.15, 0.2) is 23.0 Å². The second kappa shape index (κ2) is 9.32. The van der Waals surface area contributed by atoms with E-state index in [2.05, 4.69) is 20.6 Å². The molecular formula is C26H25F2N5O2. The molecule has 180 valence electrons. The van der Waals surface area contributed by atoms with E-state index in [0.29, 0.717) is 29.1 Å². The molecule has 1 saturated carbocycles. The number of methoxy groups -OCH3 is 1. The summed E-state index contributed by atoms with van der Waals surface area (Å²) in [6.45, 7) is 2.00. The van der Waals surface area contributed by atoms with Crippen molar-refractivity contribution in [1.82, 2.24) is 19.7 Å². The monoisotopic (exact) mass is 477 g/mol. The van der Waals surface area contributed by atoms with Crippen molar-refractivity contribution in [3.8, 4) is 17.0 Å². The summed E-state index contributed by atoms with van der Waals surface area (Å²) in [6, 6.07) is 8.65. The number of carbonyl (C=O) groups excluding carboxylic acids is 1. The Morgan fingerprint density at radius 3 is 2.71 bits per heavy atom. The highest BCUT2D eigenvalue weighted by Crippen LogP contribution is 2.31. The van der Waals surface area contributed by atoms with Crippen molar-refractivity contribution in [2.75, 3.05) is 12.4 Å². The molecular weight excluding hydrogens is 452 g/mol. The minimum absolute atomic E-state index is 0.0509. The van der Waals surface area contributed by atoms with Crippen LogP contribution in [0.3, 0.4) is 0 Å². The summed E-state index contributed by atoms with van der Waals surface area (Å²) in [5.41, 5.74) is 3.21. The SMILES string of the molecule is CCc1cc(Nc2nccn3c(-c4ccc(OC)c(F)c4F)cnc23)ccc1C(=O)NC1CCC1. The summed E-state index contributed by atoms with van der Waals surface area (Å²) in [6.07, 6.45) is 8.57. The fourth-order valence-corrected chi connectivity index (χ4v) is 4.23. The average Bonchev–Trinajstić information content (AvgIpc) is 3.28. The second-order valence-corrected chi connectivity index (χ2v) is 8.51. The topological polar surface area (TPSA) is 80.6 Å². The first kappa shape index (κ1) is 22.8. The van der Waals surface area contributed by atoms with Gasteiger partial charge in [-0.2, -0.15) is 4.39 Å². The second-order valence-electron chi connectivity index (χ2n) is 8.51. The number of benzene rings is 2. The van der Waals surface area contributed by atoms with Gasteiger partial charge in [0.25, 0.3) is 5.91 Å². The van der Waals surface area contributed by atoms with Gasteiger partial charge >= 0.3 is 0 Å². The molecule has 1 aliphatic rings. The summed E-state index contributed by atoms with van der Waals surface area (Å²) in [5.74, 6) is -1.84. The maximum atomic E-state index is 14.7. The molecule has 1 fully saturated rings. The van der Waals surface area contributed by atoms with Crippen LogP contribution in [0, 0.1) is 11.6 Å². The van der Waals surface area contributed by atoms with Gasteiger partial charge < -0.3 is 15.4 Å². The maximum absolute atomic E-state index is 14.7. The van der Waals surface area contributed by atoms with Crippen molar-refractivity contribution < 1.29 is 18.3 Å². The molecule has 5 rings (SSSR count). The number of amides is 1. The minimum Gasteiger partial charge on any atom is -0.494 e. The molecule has 2 aromatic heterocycles. The molecule has 0 aliphatic heterocycles. The van der Waals surface area contributed by atoms with Gasteiger partial charge in [0.05, 0.1) is 19.0 Å². The zero-order valence-electron chi connectivity index (χ0n) is 19.4. The minimum atomic E-state index is -1.05. The van der Waals surface area contributed by atoms with Crippen LogP contribution >= 0.6 is 0 Å². The molecule has 0 radical (unpaired) electrons. The van der Waals surface area contributed by atoms with Gasteiger partial charge in [0, 0.05) is 35.2 Å². The predicted molar refractivity (Wildman–Crippen MR) is 129 cm³/mol. The van der Waals surface area contributed by atoms with Crippen molar-refractivity contribution in [2.45, 2.75) is 38.6 Å². The number of hydrogen-bond donors (Lipinski definition) is 2. The lowest BCUT2D eigenvalue weighted by Gasteiger charge is -2.26. The molecule has 9 heteroatoms. The zero-order chi connectivity index (χ0) is 24.5. The van der Waals surface area contributed by atoms with Crippen molar-refractivity contribution in [3.05, 3.63) is 71.7 Å². The number of hydrogen-bond acceptors (Lipinski definition) is 5.